The summed E-state index contributed by atoms with van der Waals surface area (Å²) < 4.78 is 17.8. The second-order valence-corrected chi connectivity index (χ2v) is 13.0. The van der Waals surface area contributed by atoms with Crippen LogP contribution in [0.1, 0.15) is 100 Å². The van der Waals surface area contributed by atoms with Crippen molar-refractivity contribution in [3.63, 3.8) is 0 Å². The number of aryl methyl sites for hydroxylation is 1. The Labute approximate surface area is 322 Å². The number of nitrogens with one attached hydrogen (secondary N) is 2. The molecule has 2 N–H and O–H groups in total. The first-order chi connectivity index (χ1) is 26.7. The fraction of sp³-hybridized carbons (Fsp3) is 0.439. The van der Waals surface area contributed by atoms with Crippen molar-refractivity contribution in [2.75, 3.05) is 36.2 Å². The van der Waals surface area contributed by atoms with Gasteiger partial charge in [0.2, 0.25) is 0 Å². The SMILES string of the molecule is CCCCCCOC(=O)NC(=N)c1ccc(N(Cc2nc3cc(C(=O)N(CCC(=O)OCC)c4ccccn4)ccc3n2C)C(=O)OCCCCCC)cc1. The zero-order chi connectivity index (χ0) is 39.6. The molecule has 2 aromatic heterocycles. The lowest BCUT2D eigenvalue weighted by Gasteiger charge is -2.22. The lowest BCUT2D eigenvalue weighted by Crippen LogP contribution is -2.34. The number of benzene rings is 2. The van der Waals surface area contributed by atoms with Gasteiger partial charge < -0.3 is 18.8 Å². The Morgan fingerprint density at radius 1 is 0.800 bits per heavy atom. The molecule has 0 aliphatic rings. The monoisotopic (exact) mass is 755 g/mol. The van der Waals surface area contributed by atoms with Crippen molar-refractivity contribution in [2.24, 2.45) is 7.05 Å². The Morgan fingerprint density at radius 3 is 2.15 bits per heavy atom. The number of imidazole rings is 1. The molecule has 0 spiro atoms. The topological polar surface area (TPSA) is 169 Å². The maximum Gasteiger partial charge on any atom is 0.414 e. The van der Waals surface area contributed by atoms with Gasteiger partial charge in [-0.1, -0.05) is 58.4 Å². The first-order valence-corrected chi connectivity index (χ1v) is 19.1. The van der Waals surface area contributed by atoms with Crippen LogP contribution < -0.4 is 15.1 Å². The number of pyridine rings is 1. The third-order valence-electron chi connectivity index (χ3n) is 8.91. The van der Waals surface area contributed by atoms with E-state index in [4.69, 9.17) is 24.6 Å². The summed E-state index contributed by atoms with van der Waals surface area (Å²) >= 11 is 0. The fourth-order valence-corrected chi connectivity index (χ4v) is 5.83. The smallest absolute Gasteiger partial charge is 0.414 e. The van der Waals surface area contributed by atoms with E-state index >= 15 is 0 Å². The lowest BCUT2D eigenvalue weighted by atomic mass is 10.1. The number of alkyl carbamates (subject to hydrolysis) is 1. The molecule has 2 aromatic carbocycles. The number of hydrogen-bond donors (Lipinski definition) is 2. The number of nitrogens with zero attached hydrogens (tertiary/aromatic N) is 5. The van der Waals surface area contributed by atoms with Crippen LogP contribution in [0.4, 0.5) is 21.1 Å². The predicted molar refractivity (Wildman–Crippen MR) is 211 cm³/mol. The van der Waals surface area contributed by atoms with Crippen molar-refractivity contribution in [3.05, 3.63) is 83.8 Å². The van der Waals surface area contributed by atoms with Gasteiger partial charge in [-0.05, 0) is 74.4 Å². The molecule has 0 unspecified atom stereocenters. The van der Waals surface area contributed by atoms with Gasteiger partial charge in [-0.2, -0.15) is 0 Å². The number of aromatic nitrogens is 3. The highest BCUT2D eigenvalue weighted by molar-refractivity contribution is 6.07. The minimum atomic E-state index is -0.688. The normalized spacial score (nSPS) is 10.8. The number of ether oxygens (including phenoxy) is 3. The van der Waals surface area contributed by atoms with Crippen LogP contribution in [0.15, 0.2) is 66.9 Å². The van der Waals surface area contributed by atoms with E-state index in [1.165, 1.54) is 9.80 Å². The van der Waals surface area contributed by atoms with Crippen LogP contribution in [0.5, 0.6) is 0 Å². The standard InChI is InChI=1S/C41H53N7O7/c1-5-8-10-14-26-54-40(51)45-38(42)30-17-20-32(21-18-30)48(41(52)55-27-15-11-9-6-2)29-36-44-33-28-31(19-22-34(33)46(36)4)39(50)47(25-23-37(49)53-7-3)35-16-12-13-24-43-35/h12-13,16-22,24,28H,5-11,14-15,23,25-27,29H2,1-4H3,(H2,42,45,51). The average molecular weight is 756 g/mol. The predicted octanol–water partition coefficient (Wildman–Crippen LogP) is 7.92. The van der Waals surface area contributed by atoms with E-state index < -0.39 is 18.2 Å². The number of fused-ring (bicyclic) bond motifs is 1. The van der Waals surface area contributed by atoms with Gasteiger partial charge in [-0.3, -0.25) is 30.1 Å². The molecule has 14 heteroatoms. The van der Waals surface area contributed by atoms with E-state index in [9.17, 15) is 19.2 Å². The summed E-state index contributed by atoms with van der Waals surface area (Å²) in [6.07, 6.45) is 8.02. The lowest BCUT2D eigenvalue weighted by molar-refractivity contribution is -0.142. The number of hydrogen-bond acceptors (Lipinski definition) is 10. The van der Waals surface area contributed by atoms with Gasteiger partial charge in [0.1, 0.15) is 17.5 Å². The number of amidine groups is 1. The second kappa shape index (κ2) is 21.8. The molecule has 3 amide bonds. The van der Waals surface area contributed by atoms with Crippen LogP contribution >= 0.6 is 0 Å². The number of carbonyl (C=O) groups is 4. The fourth-order valence-electron chi connectivity index (χ4n) is 5.83. The number of esters is 1. The van der Waals surface area contributed by atoms with Gasteiger partial charge in [0, 0.05) is 36.6 Å². The highest BCUT2D eigenvalue weighted by atomic mass is 16.6. The second-order valence-electron chi connectivity index (χ2n) is 13.0. The van der Waals surface area contributed by atoms with E-state index in [0.717, 1.165) is 56.9 Å². The van der Waals surface area contributed by atoms with Crippen LogP contribution in [0.2, 0.25) is 0 Å². The number of carbonyl (C=O) groups excluding carboxylic acids is 4. The van der Waals surface area contributed by atoms with Crippen LogP contribution in [0, 0.1) is 5.41 Å². The first-order valence-electron chi connectivity index (χ1n) is 19.1. The third-order valence-corrected chi connectivity index (χ3v) is 8.91. The molecular formula is C41H53N7O7. The van der Waals surface area contributed by atoms with E-state index in [1.54, 1.807) is 73.8 Å². The first kappa shape index (κ1) is 42.0. The maximum absolute atomic E-state index is 13.9. The van der Waals surface area contributed by atoms with Crippen molar-refractivity contribution in [2.45, 2.75) is 85.1 Å². The van der Waals surface area contributed by atoms with E-state index in [0.29, 0.717) is 34.0 Å². The van der Waals surface area contributed by atoms with Gasteiger partial charge in [0.25, 0.3) is 5.91 Å². The average Bonchev–Trinajstić information content (AvgIpc) is 3.50. The molecule has 4 aromatic rings. The van der Waals surface area contributed by atoms with Crippen LogP contribution in [0.25, 0.3) is 11.0 Å². The zero-order valence-electron chi connectivity index (χ0n) is 32.3. The van der Waals surface area contributed by atoms with E-state index in [-0.39, 0.29) is 51.1 Å². The molecule has 55 heavy (non-hydrogen) atoms. The Morgan fingerprint density at radius 2 is 1.49 bits per heavy atom. The number of amides is 3. The molecular weight excluding hydrogens is 702 g/mol. The summed E-state index contributed by atoms with van der Waals surface area (Å²) in [5, 5.41) is 10.8. The van der Waals surface area contributed by atoms with Crippen molar-refractivity contribution in [1.29, 1.82) is 5.41 Å². The summed E-state index contributed by atoms with van der Waals surface area (Å²) in [5.41, 5.74) is 2.56. The van der Waals surface area contributed by atoms with E-state index in [2.05, 4.69) is 24.1 Å². The van der Waals surface area contributed by atoms with Gasteiger partial charge >= 0.3 is 18.2 Å². The molecule has 14 nitrogen and oxygen atoms in total. The highest BCUT2D eigenvalue weighted by Crippen LogP contribution is 2.24. The van der Waals surface area contributed by atoms with Gasteiger partial charge in [-0.15, -0.1) is 0 Å². The Bertz CT molecular complexity index is 1880. The molecule has 0 bridgehead atoms. The number of unbranched alkanes of at least 4 members (excludes halogenated alkanes) is 6. The highest BCUT2D eigenvalue weighted by Gasteiger charge is 2.24. The van der Waals surface area contributed by atoms with Crippen LogP contribution in [0.3, 0.4) is 0 Å². The Kier molecular flexibility index (Phi) is 16.6. The zero-order valence-corrected chi connectivity index (χ0v) is 32.3. The molecule has 0 aliphatic heterocycles. The van der Waals surface area contributed by atoms with Crippen molar-refractivity contribution in [1.82, 2.24) is 19.9 Å². The van der Waals surface area contributed by atoms with Crippen LogP contribution in [-0.4, -0.2) is 70.8 Å². The van der Waals surface area contributed by atoms with Crippen molar-refractivity contribution < 1.29 is 33.4 Å². The minimum Gasteiger partial charge on any atom is -0.466 e. The Balaban J connectivity index is 1.55. The van der Waals surface area contributed by atoms with Gasteiger partial charge in [0.15, 0.2) is 0 Å². The summed E-state index contributed by atoms with van der Waals surface area (Å²) in [7, 11) is 1.83. The van der Waals surface area contributed by atoms with E-state index in [1.807, 2.05) is 11.6 Å². The molecule has 0 saturated heterocycles. The summed E-state index contributed by atoms with van der Waals surface area (Å²) in [6.45, 7) is 6.86. The van der Waals surface area contributed by atoms with Gasteiger partial charge in [0.05, 0.1) is 43.8 Å². The van der Waals surface area contributed by atoms with Crippen LogP contribution in [-0.2, 0) is 32.6 Å². The molecule has 0 aliphatic carbocycles. The maximum atomic E-state index is 13.9. The number of rotatable bonds is 20. The molecule has 294 valence electrons. The minimum absolute atomic E-state index is 0.00102. The molecule has 0 fully saturated rings. The molecule has 4 rings (SSSR count). The Hall–Kier alpha value is -5.79. The molecule has 0 radical (unpaired) electrons. The largest absolute Gasteiger partial charge is 0.466 e. The number of anilines is 2. The van der Waals surface area contributed by atoms with Gasteiger partial charge in [-0.25, -0.2) is 19.6 Å². The summed E-state index contributed by atoms with van der Waals surface area (Å²) in [4.78, 5) is 64.0. The molecule has 0 saturated carbocycles. The molecule has 0 atom stereocenters. The summed E-state index contributed by atoms with van der Waals surface area (Å²) in [6, 6.07) is 17.0. The summed E-state index contributed by atoms with van der Waals surface area (Å²) in [5.74, 6) is 0.0377. The third kappa shape index (κ3) is 12.4. The van der Waals surface area contributed by atoms with Crippen molar-refractivity contribution >= 4 is 52.4 Å². The molecule has 2 heterocycles. The quantitative estimate of drug-likeness (QED) is 0.0299. The van der Waals surface area contributed by atoms with Crippen molar-refractivity contribution in [3.8, 4) is 0 Å².